The summed E-state index contributed by atoms with van der Waals surface area (Å²) < 4.78 is 19.5. The van der Waals surface area contributed by atoms with Crippen molar-refractivity contribution in [3.8, 4) is 5.75 Å². The second kappa shape index (κ2) is 8.20. The van der Waals surface area contributed by atoms with Crippen LogP contribution in [0.25, 0.3) is 0 Å². The topological polar surface area (TPSA) is 49.9 Å². The highest BCUT2D eigenvalue weighted by Crippen LogP contribution is 2.16. The predicted octanol–water partition coefficient (Wildman–Crippen LogP) is 2.89. The Morgan fingerprint density at radius 1 is 0.963 bits per heavy atom. The molecule has 2 amide bonds. The van der Waals surface area contributed by atoms with Crippen molar-refractivity contribution < 1.29 is 18.7 Å². The first kappa shape index (κ1) is 18.9. The van der Waals surface area contributed by atoms with E-state index >= 15 is 0 Å². The van der Waals surface area contributed by atoms with E-state index in [2.05, 4.69) is 0 Å². The van der Waals surface area contributed by atoms with Gasteiger partial charge >= 0.3 is 0 Å². The van der Waals surface area contributed by atoms with Gasteiger partial charge in [0, 0.05) is 26.2 Å². The molecule has 142 valence electrons. The standard InChI is InChI=1S/C21H23FN2O3/c1-15-7-9-17(10-8-15)27-16(2)20(25)23-11-13-24(14-12-23)21(26)18-5-3-4-6-19(18)22/h3-10,16H,11-14H2,1-2H3/t16-/m1/s1. The number of benzene rings is 2. The number of ether oxygens (including phenoxy) is 1. The van der Waals surface area contributed by atoms with E-state index in [-0.39, 0.29) is 17.4 Å². The molecular formula is C21H23FN2O3. The van der Waals surface area contributed by atoms with Crippen molar-refractivity contribution in [3.05, 3.63) is 65.5 Å². The van der Waals surface area contributed by atoms with Gasteiger partial charge in [-0.25, -0.2) is 4.39 Å². The molecule has 1 fully saturated rings. The Morgan fingerprint density at radius 2 is 1.56 bits per heavy atom. The van der Waals surface area contributed by atoms with Gasteiger partial charge in [0.05, 0.1) is 5.56 Å². The number of carbonyl (C=O) groups is 2. The lowest BCUT2D eigenvalue weighted by atomic mass is 10.1. The molecule has 0 aromatic heterocycles. The van der Waals surface area contributed by atoms with Gasteiger partial charge in [-0.15, -0.1) is 0 Å². The van der Waals surface area contributed by atoms with Gasteiger partial charge in [0.2, 0.25) is 0 Å². The Labute approximate surface area is 158 Å². The third-order valence-corrected chi connectivity index (χ3v) is 4.66. The van der Waals surface area contributed by atoms with Crippen LogP contribution in [0.15, 0.2) is 48.5 Å². The zero-order valence-electron chi connectivity index (χ0n) is 15.5. The summed E-state index contributed by atoms with van der Waals surface area (Å²) in [4.78, 5) is 28.3. The minimum absolute atomic E-state index is 0.0633. The van der Waals surface area contributed by atoms with Crippen LogP contribution in [0.3, 0.4) is 0 Å². The van der Waals surface area contributed by atoms with E-state index in [1.165, 1.54) is 12.1 Å². The molecule has 0 bridgehead atoms. The quantitative estimate of drug-likeness (QED) is 0.832. The van der Waals surface area contributed by atoms with E-state index in [0.29, 0.717) is 31.9 Å². The maximum absolute atomic E-state index is 13.8. The first-order valence-electron chi connectivity index (χ1n) is 9.01. The van der Waals surface area contributed by atoms with E-state index in [4.69, 9.17) is 4.74 Å². The summed E-state index contributed by atoms with van der Waals surface area (Å²) in [6.07, 6.45) is -0.610. The van der Waals surface area contributed by atoms with Gasteiger partial charge in [-0.2, -0.15) is 0 Å². The second-order valence-electron chi connectivity index (χ2n) is 6.67. The van der Waals surface area contributed by atoms with Gasteiger partial charge < -0.3 is 14.5 Å². The molecule has 0 N–H and O–H groups in total. The van der Waals surface area contributed by atoms with Gasteiger partial charge in [-0.05, 0) is 38.1 Å². The Hall–Kier alpha value is -2.89. The van der Waals surface area contributed by atoms with Crippen LogP contribution in [0.5, 0.6) is 5.75 Å². The first-order chi connectivity index (χ1) is 13.0. The molecular weight excluding hydrogens is 347 g/mol. The van der Waals surface area contributed by atoms with E-state index in [1.54, 1.807) is 28.9 Å². The minimum atomic E-state index is -0.610. The number of hydrogen-bond acceptors (Lipinski definition) is 3. The van der Waals surface area contributed by atoms with E-state index < -0.39 is 11.9 Å². The fraction of sp³-hybridized carbons (Fsp3) is 0.333. The van der Waals surface area contributed by atoms with Crippen molar-refractivity contribution in [2.75, 3.05) is 26.2 Å². The molecule has 0 radical (unpaired) electrons. The molecule has 0 aliphatic carbocycles. The number of nitrogens with zero attached hydrogens (tertiary/aromatic N) is 2. The van der Waals surface area contributed by atoms with Crippen LogP contribution in [0.2, 0.25) is 0 Å². The number of aryl methyl sites for hydroxylation is 1. The van der Waals surface area contributed by atoms with Crippen molar-refractivity contribution >= 4 is 11.8 Å². The summed E-state index contributed by atoms with van der Waals surface area (Å²) in [7, 11) is 0. The summed E-state index contributed by atoms with van der Waals surface area (Å²) in [6, 6.07) is 13.5. The normalized spacial score (nSPS) is 15.4. The highest BCUT2D eigenvalue weighted by Gasteiger charge is 2.29. The lowest BCUT2D eigenvalue weighted by Gasteiger charge is -2.36. The summed E-state index contributed by atoms with van der Waals surface area (Å²) >= 11 is 0. The predicted molar refractivity (Wildman–Crippen MR) is 100 cm³/mol. The first-order valence-corrected chi connectivity index (χ1v) is 9.01. The number of rotatable bonds is 4. The van der Waals surface area contributed by atoms with E-state index in [9.17, 15) is 14.0 Å². The van der Waals surface area contributed by atoms with Crippen molar-refractivity contribution in [1.29, 1.82) is 0 Å². The SMILES string of the molecule is Cc1ccc(O[C@H](C)C(=O)N2CCN(C(=O)c3ccccc3F)CC2)cc1. The molecule has 0 spiro atoms. The summed E-state index contributed by atoms with van der Waals surface area (Å²) in [6.45, 7) is 5.26. The zero-order chi connectivity index (χ0) is 19.4. The molecule has 5 nitrogen and oxygen atoms in total. The average molecular weight is 370 g/mol. The lowest BCUT2D eigenvalue weighted by molar-refractivity contribution is -0.139. The Balaban J connectivity index is 1.55. The maximum Gasteiger partial charge on any atom is 0.263 e. The smallest absolute Gasteiger partial charge is 0.263 e. The number of hydrogen-bond donors (Lipinski definition) is 0. The van der Waals surface area contributed by atoms with E-state index in [1.807, 2.05) is 31.2 Å². The van der Waals surface area contributed by atoms with Crippen LogP contribution in [0.4, 0.5) is 4.39 Å². The molecule has 6 heteroatoms. The summed E-state index contributed by atoms with van der Waals surface area (Å²) in [5.41, 5.74) is 1.19. The molecule has 1 atom stereocenters. The van der Waals surface area contributed by atoms with Gasteiger partial charge in [0.1, 0.15) is 11.6 Å². The number of halogens is 1. The highest BCUT2D eigenvalue weighted by atomic mass is 19.1. The van der Waals surface area contributed by atoms with Gasteiger partial charge in [-0.3, -0.25) is 9.59 Å². The molecule has 27 heavy (non-hydrogen) atoms. The van der Waals surface area contributed by atoms with Gasteiger partial charge in [0.15, 0.2) is 6.10 Å². The Morgan fingerprint density at radius 3 is 2.19 bits per heavy atom. The van der Waals surface area contributed by atoms with Crippen LogP contribution in [-0.4, -0.2) is 53.9 Å². The van der Waals surface area contributed by atoms with Crippen LogP contribution in [-0.2, 0) is 4.79 Å². The number of carbonyl (C=O) groups excluding carboxylic acids is 2. The van der Waals surface area contributed by atoms with Crippen LogP contribution >= 0.6 is 0 Å². The third kappa shape index (κ3) is 4.45. The van der Waals surface area contributed by atoms with Crippen LogP contribution in [0.1, 0.15) is 22.8 Å². The molecule has 3 rings (SSSR count). The Kier molecular flexibility index (Phi) is 5.74. The summed E-state index contributed by atoms with van der Waals surface area (Å²) in [5, 5.41) is 0. The fourth-order valence-corrected chi connectivity index (χ4v) is 3.06. The van der Waals surface area contributed by atoms with Gasteiger partial charge in [0.25, 0.3) is 11.8 Å². The fourth-order valence-electron chi connectivity index (χ4n) is 3.06. The number of amides is 2. The lowest BCUT2D eigenvalue weighted by Crippen LogP contribution is -2.53. The van der Waals surface area contributed by atoms with Gasteiger partial charge in [-0.1, -0.05) is 29.8 Å². The molecule has 1 saturated heterocycles. The number of piperazine rings is 1. The molecule has 2 aromatic carbocycles. The van der Waals surface area contributed by atoms with Crippen molar-refractivity contribution in [1.82, 2.24) is 9.80 Å². The molecule has 0 unspecified atom stereocenters. The molecule has 0 saturated carbocycles. The van der Waals surface area contributed by atoms with E-state index in [0.717, 1.165) is 5.56 Å². The van der Waals surface area contributed by atoms with Crippen LogP contribution in [0, 0.1) is 12.7 Å². The molecule has 1 heterocycles. The second-order valence-corrected chi connectivity index (χ2v) is 6.67. The highest BCUT2D eigenvalue weighted by molar-refractivity contribution is 5.94. The largest absolute Gasteiger partial charge is 0.481 e. The summed E-state index contributed by atoms with van der Waals surface area (Å²) in [5.74, 6) is -0.339. The van der Waals surface area contributed by atoms with Crippen molar-refractivity contribution in [2.45, 2.75) is 20.0 Å². The average Bonchev–Trinajstić information content (AvgIpc) is 2.69. The molecule has 1 aliphatic rings. The minimum Gasteiger partial charge on any atom is -0.481 e. The monoisotopic (exact) mass is 370 g/mol. The Bertz CT molecular complexity index is 814. The third-order valence-electron chi connectivity index (χ3n) is 4.66. The van der Waals surface area contributed by atoms with Crippen LogP contribution < -0.4 is 4.74 Å². The molecule has 1 aliphatic heterocycles. The van der Waals surface area contributed by atoms with Crippen molar-refractivity contribution in [2.24, 2.45) is 0 Å². The maximum atomic E-state index is 13.8. The molecule has 2 aromatic rings. The van der Waals surface area contributed by atoms with Crippen molar-refractivity contribution in [3.63, 3.8) is 0 Å². The zero-order valence-corrected chi connectivity index (χ0v) is 15.5.